The lowest BCUT2D eigenvalue weighted by Crippen LogP contribution is -3.00. The molecular formula is C26H24ClO2PS. The number of hydrogen-bond donors (Lipinski definition) is 0. The summed E-state index contributed by atoms with van der Waals surface area (Å²) in [5.41, 5.74) is 1.13. The average Bonchev–Trinajstić information content (AvgIpc) is 2.79. The quantitative estimate of drug-likeness (QED) is 0.404. The summed E-state index contributed by atoms with van der Waals surface area (Å²) in [7, 11) is -5.19. The van der Waals surface area contributed by atoms with E-state index in [-0.39, 0.29) is 12.4 Å². The van der Waals surface area contributed by atoms with Gasteiger partial charge in [0.1, 0.15) is 23.2 Å². The van der Waals surface area contributed by atoms with Gasteiger partial charge in [0.25, 0.3) is 0 Å². The molecule has 0 radical (unpaired) electrons. The van der Waals surface area contributed by atoms with Crippen LogP contribution < -0.4 is 28.3 Å². The molecule has 0 aliphatic rings. The number of rotatable bonds is 6. The molecule has 0 spiro atoms. The molecule has 31 heavy (non-hydrogen) atoms. The van der Waals surface area contributed by atoms with Gasteiger partial charge in [-0.1, -0.05) is 66.7 Å². The van der Waals surface area contributed by atoms with E-state index in [1.54, 1.807) is 12.1 Å². The zero-order valence-corrected chi connectivity index (χ0v) is 19.7. The first-order chi connectivity index (χ1) is 14.5. The van der Waals surface area contributed by atoms with Crippen molar-refractivity contribution in [3.8, 4) is 0 Å². The second-order valence-corrected chi connectivity index (χ2v) is 12.9. The predicted octanol–water partition coefficient (Wildman–Crippen LogP) is 1.59. The molecule has 2 nitrogen and oxygen atoms in total. The van der Waals surface area contributed by atoms with Crippen molar-refractivity contribution in [2.24, 2.45) is 0 Å². The van der Waals surface area contributed by atoms with E-state index in [9.17, 15) is 8.42 Å². The molecule has 0 N–H and O–H groups in total. The highest BCUT2D eigenvalue weighted by atomic mass is 35.5. The van der Waals surface area contributed by atoms with Crippen LogP contribution in [0.25, 0.3) is 0 Å². The molecule has 158 valence electrons. The Morgan fingerprint density at radius 2 is 0.935 bits per heavy atom. The summed E-state index contributed by atoms with van der Waals surface area (Å²) >= 11 is 0. The van der Waals surface area contributed by atoms with Crippen molar-refractivity contribution in [3.63, 3.8) is 0 Å². The van der Waals surface area contributed by atoms with Gasteiger partial charge in [-0.15, -0.1) is 0 Å². The van der Waals surface area contributed by atoms with Gasteiger partial charge >= 0.3 is 0 Å². The van der Waals surface area contributed by atoms with E-state index in [0.717, 1.165) is 11.7 Å². The van der Waals surface area contributed by atoms with Crippen LogP contribution in [0, 0.1) is 0 Å². The molecular weight excluding hydrogens is 443 g/mol. The van der Waals surface area contributed by atoms with E-state index in [2.05, 4.69) is 91.0 Å². The van der Waals surface area contributed by atoms with Crippen LogP contribution >= 0.6 is 7.26 Å². The van der Waals surface area contributed by atoms with Crippen molar-refractivity contribution in [1.29, 1.82) is 0 Å². The number of sulfone groups is 1. The predicted molar refractivity (Wildman–Crippen MR) is 128 cm³/mol. The Bertz CT molecular complexity index is 1110. The SMILES string of the molecule is CS(=O)(=O)c1ccc(C[P+](c2ccccc2)(c2ccccc2)c2ccccc2)cc1.[Cl-]. The van der Waals surface area contributed by atoms with Crippen LogP contribution in [-0.2, 0) is 16.0 Å². The third kappa shape index (κ3) is 4.91. The Labute approximate surface area is 191 Å². The van der Waals surface area contributed by atoms with Crippen LogP contribution in [0.15, 0.2) is 120 Å². The van der Waals surface area contributed by atoms with Gasteiger partial charge < -0.3 is 12.4 Å². The summed E-state index contributed by atoms with van der Waals surface area (Å²) in [6, 6.07) is 39.4. The second-order valence-electron chi connectivity index (χ2n) is 7.39. The topological polar surface area (TPSA) is 34.1 Å². The smallest absolute Gasteiger partial charge is 0.175 e. The molecule has 5 heteroatoms. The molecule has 0 saturated heterocycles. The molecule has 0 bridgehead atoms. The standard InChI is InChI=1S/C26H24O2PS.ClH/c1-30(27,28)26-19-17-22(18-20-26)21-29(23-11-5-2-6-12-23,24-13-7-3-8-14-24)25-15-9-4-10-16-25;/h2-20H,21H2,1H3;1H/q+1;/p-1. The van der Waals surface area contributed by atoms with Crippen molar-refractivity contribution in [2.45, 2.75) is 11.1 Å². The van der Waals surface area contributed by atoms with Crippen molar-refractivity contribution >= 4 is 33.0 Å². The fraction of sp³-hybridized carbons (Fsp3) is 0.0769. The van der Waals surface area contributed by atoms with Crippen LogP contribution in [0.4, 0.5) is 0 Å². The third-order valence-electron chi connectivity index (χ3n) is 5.36. The number of halogens is 1. The first kappa shape index (κ1) is 23.2. The lowest BCUT2D eigenvalue weighted by Gasteiger charge is -2.28. The largest absolute Gasteiger partial charge is 1.00 e. The van der Waals surface area contributed by atoms with Crippen LogP contribution in [0.1, 0.15) is 5.56 Å². The monoisotopic (exact) mass is 466 g/mol. The third-order valence-corrected chi connectivity index (χ3v) is 10.9. The zero-order chi connectivity index (χ0) is 21.0. The summed E-state index contributed by atoms with van der Waals surface area (Å²) in [6.07, 6.45) is 2.08. The highest BCUT2D eigenvalue weighted by Crippen LogP contribution is 2.58. The lowest BCUT2D eigenvalue weighted by molar-refractivity contribution is -0.00000836. The van der Waals surface area contributed by atoms with Gasteiger partial charge in [-0.3, -0.25) is 0 Å². The summed E-state index contributed by atoms with van der Waals surface area (Å²) < 4.78 is 23.8. The van der Waals surface area contributed by atoms with Gasteiger partial charge in [-0.2, -0.15) is 0 Å². The minimum atomic E-state index is -3.21. The maximum atomic E-state index is 11.9. The Hall–Kier alpha value is -2.45. The summed E-state index contributed by atoms with van der Waals surface area (Å²) in [5, 5.41) is 3.94. The van der Waals surface area contributed by atoms with Gasteiger partial charge in [-0.25, -0.2) is 8.42 Å². The Balaban J connectivity index is 0.00000272. The Morgan fingerprint density at radius 3 is 1.26 bits per heavy atom. The zero-order valence-electron chi connectivity index (χ0n) is 17.2. The lowest BCUT2D eigenvalue weighted by atomic mass is 10.2. The second kappa shape index (κ2) is 9.78. The summed E-state index contributed by atoms with van der Waals surface area (Å²) in [4.78, 5) is 0.356. The summed E-state index contributed by atoms with van der Waals surface area (Å²) in [5.74, 6) is 0. The Morgan fingerprint density at radius 1 is 0.581 bits per heavy atom. The van der Waals surface area contributed by atoms with Crippen LogP contribution in [0.3, 0.4) is 0 Å². The van der Waals surface area contributed by atoms with E-state index in [1.807, 2.05) is 12.1 Å². The van der Waals surface area contributed by atoms with E-state index >= 15 is 0 Å². The first-order valence-corrected chi connectivity index (χ1v) is 13.7. The van der Waals surface area contributed by atoms with Gasteiger partial charge in [0, 0.05) is 6.26 Å². The molecule has 4 aromatic carbocycles. The maximum Gasteiger partial charge on any atom is 0.175 e. The van der Waals surface area contributed by atoms with Crippen molar-refractivity contribution in [3.05, 3.63) is 121 Å². The molecule has 0 aromatic heterocycles. The first-order valence-electron chi connectivity index (χ1n) is 9.84. The molecule has 4 aromatic rings. The average molecular weight is 467 g/mol. The summed E-state index contributed by atoms with van der Waals surface area (Å²) in [6.45, 7) is 0. The molecule has 0 amide bonds. The highest BCUT2D eigenvalue weighted by molar-refractivity contribution is 7.95. The van der Waals surface area contributed by atoms with E-state index in [1.165, 1.54) is 22.2 Å². The molecule has 0 saturated carbocycles. The molecule has 0 atom stereocenters. The van der Waals surface area contributed by atoms with Crippen LogP contribution in [-0.4, -0.2) is 14.7 Å². The molecule has 0 unspecified atom stereocenters. The molecule has 0 aliphatic heterocycles. The fourth-order valence-corrected chi connectivity index (χ4v) is 8.76. The van der Waals surface area contributed by atoms with Crippen molar-refractivity contribution < 1.29 is 20.8 Å². The van der Waals surface area contributed by atoms with Crippen LogP contribution in [0.2, 0.25) is 0 Å². The van der Waals surface area contributed by atoms with Gasteiger partial charge in [0.15, 0.2) is 9.84 Å². The normalized spacial score (nSPS) is 11.5. The van der Waals surface area contributed by atoms with Gasteiger partial charge in [-0.05, 0) is 54.1 Å². The molecule has 0 heterocycles. The fourth-order valence-electron chi connectivity index (χ4n) is 3.88. The minimum absolute atomic E-state index is 0. The molecule has 4 rings (SSSR count). The molecule has 0 aliphatic carbocycles. The minimum Gasteiger partial charge on any atom is -1.00 e. The van der Waals surface area contributed by atoms with E-state index in [4.69, 9.17) is 0 Å². The number of hydrogen-bond acceptors (Lipinski definition) is 2. The number of benzene rings is 4. The van der Waals surface area contributed by atoms with Crippen molar-refractivity contribution in [1.82, 2.24) is 0 Å². The van der Waals surface area contributed by atoms with Gasteiger partial charge in [0.2, 0.25) is 0 Å². The van der Waals surface area contributed by atoms with Crippen molar-refractivity contribution in [2.75, 3.05) is 6.26 Å². The Kier molecular flexibility index (Phi) is 7.33. The van der Waals surface area contributed by atoms with E-state index < -0.39 is 17.1 Å². The molecule has 0 fully saturated rings. The van der Waals surface area contributed by atoms with Crippen LogP contribution in [0.5, 0.6) is 0 Å². The van der Waals surface area contributed by atoms with E-state index in [0.29, 0.717) is 4.90 Å². The maximum absolute atomic E-state index is 11.9. The highest BCUT2D eigenvalue weighted by Gasteiger charge is 2.45. The van der Waals surface area contributed by atoms with Gasteiger partial charge in [0.05, 0.1) is 11.1 Å².